The second kappa shape index (κ2) is 11.2. The van der Waals surface area contributed by atoms with Crippen molar-refractivity contribution in [1.29, 1.82) is 0 Å². The summed E-state index contributed by atoms with van der Waals surface area (Å²) in [6.45, 7) is 6.93. The number of nitrogens with zero attached hydrogens (tertiary/aromatic N) is 2. The number of piperidine rings is 2. The molecule has 0 saturated carbocycles. The molecule has 0 amide bonds. The fourth-order valence-electron chi connectivity index (χ4n) is 4.73. The second-order valence-corrected chi connectivity index (χ2v) is 12.4. The maximum absolute atomic E-state index is 13.4. The molecule has 0 aromatic heterocycles. The molecule has 0 bridgehead atoms. The van der Waals surface area contributed by atoms with Crippen LogP contribution in [0.3, 0.4) is 0 Å². The Kier molecular flexibility index (Phi) is 8.35. The fourth-order valence-corrected chi connectivity index (χ4v) is 6.46. The Bertz CT molecular complexity index is 1220. The Hall–Kier alpha value is -2.37. The highest BCUT2D eigenvalue weighted by atomic mass is 32.2. The van der Waals surface area contributed by atoms with E-state index < -0.39 is 21.8 Å². The normalized spacial score (nSPS) is 18.6. The van der Waals surface area contributed by atoms with E-state index in [-0.39, 0.29) is 15.7 Å². The van der Waals surface area contributed by atoms with Crippen LogP contribution in [0.4, 0.5) is 30.2 Å². The Balaban J connectivity index is 1.60. The zero-order valence-corrected chi connectivity index (χ0v) is 22.6. The molecule has 2 N–H and O–H groups in total. The molecule has 11 heteroatoms. The molecule has 0 unspecified atom stereocenters. The van der Waals surface area contributed by atoms with Crippen molar-refractivity contribution in [3.63, 3.8) is 0 Å². The third-order valence-corrected chi connectivity index (χ3v) is 9.27. The minimum absolute atomic E-state index is 0.0762. The zero-order valence-electron chi connectivity index (χ0n) is 21.0. The lowest BCUT2D eigenvalue weighted by atomic mass is 9.98. The second-order valence-electron chi connectivity index (χ2n) is 10.1. The topological polar surface area (TPSA) is 64.7 Å². The molecule has 2 heterocycles. The first kappa shape index (κ1) is 27.7. The van der Waals surface area contributed by atoms with Crippen molar-refractivity contribution in [2.45, 2.75) is 50.6 Å². The van der Waals surface area contributed by atoms with Gasteiger partial charge in [0.25, 0.3) is 0 Å². The van der Waals surface area contributed by atoms with Crippen molar-refractivity contribution in [3.8, 4) is 0 Å². The van der Waals surface area contributed by atoms with Crippen molar-refractivity contribution in [2.24, 2.45) is 11.8 Å². The van der Waals surface area contributed by atoms with Gasteiger partial charge < -0.3 is 15.5 Å². The zero-order chi connectivity index (χ0) is 26.8. The van der Waals surface area contributed by atoms with Gasteiger partial charge in [-0.2, -0.15) is 17.5 Å². The van der Waals surface area contributed by atoms with Gasteiger partial charge in [0.05, 0.1) is 21.8 Å². The lowest BCUT2D eigenvalue weighted by Crippen LogP contribution is -2.38. The van der Waals surface area contributed by atoms with Gasteiger partial charge >= 0.3 is 6.18 Å². The molecule has 2 fully saturated rings. The van der Waals surface area contributed by atoms with Crippen LogP contribution in [-0.4, -0.2) is 44.0 Å². The van der Waals surface area contributed by atoms with Crippen molar-refractivity contribution in [3.05, 3.63) is 48.0 Å². The van der Waals surface area contributed by atoms with Gasteiger partial charge in [-0.15, -0.1) is 0 Å². The first-order valence-corrected chi connectivity index (χ1v) is 14.4. The van der Waals surface area contributed by atoms with E-state index in [0.29, 0.717) is 30.6 Å². The van der Waals surface area contributed by atoms with E-state index in [0.717, 1.165) is 56.6 Å². The molecule has 2 aliphatic heterocycles. The number of hydrogen-bond donors (Lipinski definition) is 2. The molecule has 4 rings (SSSR count). The van der Waals surface area contributed by atoms with Gasteiger partial charge in [0.2, 0.25) is 10.0 Å². The standard InChI is InChI=1S/C26H33F3N4O2S2/c1-18-8-12-32(13-9-18)24-7-6-22(37(34,35)33-14-10-19(2)11-15-33)17-23(24)31-25(36)30-21-5-3-4-20(16-21)26(27,28)29/h3-7,16-19H,8-15H2,1-2H3,(H2,30,31,36). The summed E-state index contributed by atoms with van der Waals surface area (Å²) >= 11 is 5.43. The first-order valence-electron chi connectivity index (χ1n) is 12.6. The van der Waals surface area contributed by atoms with Gasteiger partial charge in [-0.05, 0) is 86.1 Å². The van der Waals surface area contributed by atoms with Crippen molar-refractivity contribution >= 4 is 44.4 Å². The summed E-state index contributed by atoms with van der Waals surface area (Å²) in [5.41, 5.74) is 0.719. The molecule has 2 aliphatic rings. The summed E-state index contributed by atoms with van der Waals surface area (Å²) in [6, 6.07) is 9.79. The monoisotopic (exact) mass is 554 g/mol. The fraction of sp³-hybridized carbons (Fsp3) is 0.500. The first-order chi connectivity index (χ1) is 17.4. The predicted octanol–water partition coefficient (Wildman–Crippen LogP) is 6.17. The minimum Gasteiger partial charge on any atom is -0.370 e. The van der Waals surface area contributed by atoms with Crippen LogP contribution in [0.1, 0.15) is 45.1 Å². The van der Waals surface area contributed by atoms with Crippen LogP contribution in [0, 0.1) is 11.8 Å². The Morgan fingerprint density at radius 3 is 2.16 bits per heavy atom. The van der Waals surface area contributed by atoms with Gasteiger partial charge in [0, 0.05) is 31.9 Å². The van der Waals surface area contributed by atoms with E-state index in [1.165, 1.54) is 16.4 Å². The van der Waals surface area contributed by atoms with Gasteiger partial charge in [-0.3, -0.25) is 0 Å². The number of anilines is 3. The predicted molar refractivity (Wildman–Crippen MR) is 145 cm³/mol. The number of sulfonamides is 1. The minimum atomic E-state index is -4.47. The molecule has 2 aromatic carbocycles. The van der Waals surface area contributed by atoms with Gasteiger partial charge in [-0.1, -0.05) is 19.9 Å². The summed E-state index contributed by atoms with van der Waals surface area (Å²) in [7, 11) is -3.69. The Labute approximate surface area is 222 Å². The molecule has 2 saturated heterocycles. The molecule has 202 valence electrons. The third kappa shape index (κ3) is 6.74. The molecular weight excluding hydrogens is 521 g/mol. The Morgan fingerprint density at radius 2 is 1.54 bits per heavy atom. The largest absolute Gasteiger partial charge is 0.416 e. The third-order valence-electron chi connectivity index (χ3n) is 7.17. The van der Waals surface area contributed by atoms with Crippen LogP contribution in [0.25, 0.3) is 0 Å². The lowest BCUT2D eigenvalue weighted by molar-refractivity contribution is -0.137. The van der Waals surface area contributed by atoms with E-state index in [1.54, 1.807) is 18.2 Å². The van der Waals surface area contributed by atoms with Gasteiger partial charge in [-0.25, -0.2) is 8.42 Å². The summed E-state index contributed by atoms with van der Waals surface area (Å²) < 4.78 is 67.7. The number of benzene rings is 2. The number of rotatable bonds is 5. The average molecular weight is 555 g/mol. The van der Waals surface area contributed by atoms with Gasteiger partial charge in [0.15, 0.2) is 5.11 Å². The molecule has 0 spiro atoms. The maximum Gasteiger partial charge on any atom is 0.416 e. The number of hydrogen-bond acceptors (Lipinski definition) is 4. The molecule has 0 aliphatic carbocycles. The van der Waals surface area contributed by atoms with E-state index in [4.69, 9.17) is 12.2 Å². The lowest BCUT2D eigenvalue weighted by Gasteiger charge is -2.34. The van der Waals surface area contributed by atoms with E-state index in [2.05, 4.69) is 29.4 Å². The van der Waals surface area contributed by atoms with E-state index in [9.17, 15) is 21.6 Å². The number of nitrogens with one attached hydrogen (secondary N) is 2. The van der Waals surface area contributed by atoms with E-state index in [1.807, 2.05) is 0 Å². The quantitative estimate of drug-likeness (QED) is 0.431. The highest BCUT2D eigenvalue weighted by Crippen LogP contribution is 2.34. The number of thiocarbonyl (C=S) groups is 1. The van der Waals surface area contributed by atoms with Crippen LogP contribution in [-0.2, 0) is 16.2 Å². The molecule has 2 aromatic rings. The average Bonchev–Trinajstić information content (AvgIpc) is 2.84. The maximum atomic E-state index is 13.4. The summed E-state index contributed by atoms with van der Waals surface area (Å²) in [6.07, 6.45) is -0.810. The van der Waals surface area contributed by atoms with Crippen LogP contribution >= 0.6 is 12.2 Å². The smallest absolute Gasteiger partial charge is 0.370 e. The van der Waals surface area contributed by atoms with Crippen LogP contribution in [0.5, 0.6) is 0 Å². The number of halogens is 3. The highest BCUT2D eigenvalue weighted by molar-refractivity contribution is 7.89. The molecule has 6 nitrogen and oxygen atoms in total. The van der Waals surface area contributed by atoms with Crippen molar-refractivity contribution in [1.82, 2.24) is 4.31 Å². The van der Waals surface area contributed by atoms with Crippen LogP contribution in [0.2, 0.25) is 0 Å². The van der Waals surface area contributed by atoms with E-state index >= 15 is 0 Å². The molecule has 37 heavy (non-hydrogen) atoms. The summed E-state index contributed by atoms with van der Waals surface area (Å²) in [4.78, 5) is 2.36. The summed E-state index contributed by atoms with van der Waals surface area (Å²) in [5, 5.41) is 5.95. The van der Waals surface area contributed by atoms with Crippen LogP contribution in [0.15, 0.2) is 47.4 Å². The highest BCUT2D eigenvalue weighted by Gasteiger charge is 2.31. The van der Waals surface area contributed by atoms with Crippen LogP contribution < -0.4 is 15.5 Å². The Morgan fingerprint density at radius 1 is 0.919 bits per heavy atom. The van der Waals surface area contributed by atoms with Gasteiger partial charge in [0.1, 0.15) is 0 Å². The van der Waals surface area contributed by atoms with Crippen molar-refractivity contribution in [2.75, 3.05) is 41.7 Å². The summed E-state index contributed by atoms with van der Waals surface area (Å²) in [5.74, 6) is 1.10. The number of alkyl halides is 3. The molecular formula is C26H33F3N4O2S2. The molecule has 0 radical (unpaired) electrons. The van der Waals surface area contributed by atoms with Crippen molar-refractivity contribution < 1.29 is 21.6 Å². The molecule has 0 atom stereocenters. The SMILES string of the molecule is CC1CCN(c2ccc(S(=O)(=O)N3CCC(C)CC3)cc2NC(=S)Nc2cccc(C(F)(F)F)c2)CC1.